The summed E-state index contributed by atoms with van der Waals surface area (Å²) in [6.07, 6.45) is 0. The van der Waals surface area contributed by atoms with Crippen molar-refractivity contribution < 1.29 is 9.53 Å². The first-order valence-electron chi connectivity index (χ1n) is 7.97. The molecule has 1 heterocycles. The van der Waals surface area contributed by atoms with Crippen LogP contribution in [-0.2, 0) is 22.6 Å². The zero-order chi connectivity index (χ0) is 15.9. The molecule has 0 bridgehead atoms. The molecule has 0 radical (unpaired) electrons. The molecule has 0 aliphatic carbocycles. The third-order valence-corrected chi connectivity index (χ3v) is 4.20. The molecule has 0 spiro atoms. The number of morpholine rings is 1. The standard InChI is InChI=1S/C17H27N3O2/c1-13(14(2)18)17(21)19-11-15-3-5-16(6-4-15)12-20-7-9-22-10-8-20/h3-6,13-14H,7-12,18H2,1-2H3,(H,19,21). The highest BCUT2D eigenvalue weighted by molar-refractivity contribution is 5.78. The number of rotatable bonds is 6. The van der Waals surface area contributed by atoms with E-state index in [4.69, 9.17) is 10.5 Å². The Balaban J connectivity index is 1.80. The van der Waals surface area contributed by atoms with Gasteiger partial charge in [0.2, 0.25) is 5.91 Å². The van der Waals surface area contributed by atoms with Crippen LogP contribution in [0.15, 0.2) is 24.3 Å². The number of benzene rings is 1. The van der Waals surface area contributed by atoms with E-state index in [9.17, 15) is 4.79 Å². The van der Waals surface area contributed by atoms with Crippen molar-refractivity contribution in [3.8, 4) is 0 Å². The van der Waals surface area contributed by atoms with E-state index in [0.717, 1.165) is 38.4 Å². The van der Waals surface area contributed by atoms with Crippen LogP contribution >= 0.6 is 0 Å². The van der Waals surface area contributed by atoms with Crippen molar-refractivity contribution in [2.75, 3.05) is 26.3 Å². The van der Waals surface area contributed by atoms with Crippen LogP contribution in [0.4, 0.5) is 0 Å². The molecule has 1 aromatic carbocycles. The van der Waals surface area contributed by atoms with Gasteiger partial charge in [0.1, 0.15) is 0 Å². The minimum Gasteiger partial charge on any atom is -0.379 e. The highest BCUT2D eigenvalue weighted by Gasteiger charge is 2.16. The van der Waals surface area contributed by atoms with Crippen molar-refractivity contribution in [1.82, 2.24) is 10.2 Å². The molecule has 5 heteroatoms. The number of hydrogen-bond donors (Lipinski definition) is 2. The van der Waals surface area contributed by atoms with Crippen LogP contribution in [0.2, 0.25) is 0 Å². The largest absolute Gasteiger partial charge is 0.379 e. The second-order valence-electron chi connectivity index (χ2n) is 6.07. The summed E-state index contributed by atoms with van der Waals surface area (Å²) in [6, 6.07) is 8.28. The number of carbonyl (C=O) groups excluding carboxylic acids is 1. The molecule has 122 valence electrons. The van der Waals surface area contributed by atoms with E-state index in [2.05, 4.69) is 34.5 Å². The molecule has 2 atom stereocenters. The Morgan fingerprint density at radius 2 is 1.82 bits per heavy atom. The third kappa shape index (κ3) is 5.09. The second-order valence-corrected chi connectivity index (χ2v) is 6.07. The maximum atomic E-state index is 11.9. The molecule has 1 aliphatic rings. The summed E-state index contributed by atoms with van der Waals surface area (Å²) in [7, 11) is 0. The fourth-order valence-electron chi connectivity index (χ4n) is 2.37. The van der Waals surface area contributed by atoms with E-state index < -0.39 is 0 Å². The van der Waals surface area contributed by atoms with E-state index >= 15 is 0 Å². The van der Waals surface area contributed by atoms with Crippen LogP contribution in [0.5, 0.6) is 0 Å². The summed E-state index contributed by atoms with van der Waals surface area (Å²) in [4.78, 5) is 14.3. The molecule has 22 heavy (non-hydrogen) atoms. The molecule has 2 unspecified atom stereocenters. The highest BCUT2D eigenvalue weighted by atomic mass is 16.5. The minimum absolute atomic E-state index is 0.00685. The van der Waals surface area contributed by atoms with E-state index in [0.29, 0.717) is 6.54 Å². The topological polar surface area (TPSA) is 67.6 Å². The molecular formula is C17H27N3O2. The van der Waals surface area contributed by atoms with E-state index in [1.807, 2.05) is 13.8 Å². The van der Waals surface area contributed by atoms with Gasteiger partial charge in [-0.05, 0) is 18.1 Å². The Hall–Kier alpha value is -1.43. The lowest BCUT2D eigenvalue weighted by Crippen LogP contribution is -2.38. The van der Waals surface area contributed by atoms with Crippen LogP contribution in [0.25, 0.3) is 0 Å². The van der Waals surface area contributed by atoms with Gasteiger partial charge in [-0.25, -0.2) is 0 Å². The molecule has 1 aliphatic heterocycles. The van der Waals surface area contributed by atoms with Crippen molar-refractivity contribution in [2.45, 2.75) is 33.0 Å². The Labute approximate surface area is 132 Å². The molecule has 1 aromatic rings. The van der Waals surface area contributed by atoms with Gasteiger partial charge < -0.3 is 15.8 Å². The van der Waals surface area contributed by atoms with Gasteiger partial charge in [0.05, 0.1) is 13.2 Å². The summed E-state index contributed by atoms with van der Waals surface area (Å²) in [5, 5.41) is 2.94. The van der Waals surface area contributed by atoms with Gasteiger partial charge in [-0.1, -0.05) is 31.2 Å². The summed E-state index contributed by atoms with van der Waals surface area (Å²) in [5.41, 5.74) is 8.14. The third-order valence-electron chi connectivity index (χ3n) is 4.20. The predicted octanol–water partition coefficient (Wildman–Crippen LogP) is 1.12. The quantitative estimate of drug-likeness (QED) is 0.826. The molecular weight excluding hydrogens is 278 g/mol. The number of hydrogen-bond acceptors (Lipinski definition) is 4. The number of nitrogens with zero attached hydrogens (tertiary/aromatic N) is 1. The number of carbonyl (C=O) groups is 1. The van der Waals surface area contributed by atoms with Crippen LogP contribution in [0.1, 0.15) is 25.0 Å². The summed E-state index contributed by atoms with van der Waals surface area (Å²) in [6.45, 7) is 8.84. The first-order valence-corrected chi connectivity index (χ1v) is 7.97. The molecule has 0 saturated carbocycles. The number of ether oxygens (including phenoxy) is 1. The van der Waals surface area contributed by atoms with Crippen molar-refractivity contribution in [1.29, 1.82) is 0 Å². The van der Waals surface area contributed by atoms with Crippen molar-refractivity contribution in [3.63, 3.8) is 0 Å². The number of nitrogens with two attached hydrogens (primary N) is 1. The smallest absolute Gasteiger partial charge is 0.224 e. The van der Waals surface area contributed by atoms with Crippen molar-refractivity contribution in [2.24, 2.45) is 11.7 Å². The van der Waals surface area contributed by atoms with Gasteiger partial charge in [0.15, 0.2) is 0 Å². The lowest BCUT2D eigenvalue weighted by atomic mass is 10.0. The van der Waals surface area contributed by atoms with Crippen LogP contribution in [0, 0.1) is 5.92 Å². The molecule has 0 aromatic heterocycles. The summed E-state index contributed by atoms with van der Waals surface area (Å²) in [5.74, 6) is -0.159. The van der Waals surface area contributed by atoms with Gasteiger partial charge in [-0.2, -0.15) is 0 Å². The Morgan fingerprint density at radius 3 is 2.41 bits per heavy atom. The second kappa shape index (κ2) is 8.27. The SMILES string of the molecule is CC(N)C(C)C(=O)NCc1ccc(CN2CCOCC2)cc1. The molecule has 3 N–H and O–H groups in total. The fraction of sp³-hybridized carbons (Fsp3) is 0.588. The van der Waals surface area contributed by atoms with E-state index in [-0.39, 0.29) is 17.9 Å². The monoisotopic (exact) mass is 305 g/mol. The van der Waals surface area contributed by atoms with Gasteiger partial charge in [-0.3, -0.25) is 9.69 Å². The average Bonchev–Trinajstić information content (AvgIpc) is 2.54. The summed E-state index contributed by atoms with van der Waals surface area (Å²) < 4.78 is 5.36. The molecule has 1 saturated heterocycles. The van der Waals surface area contributed by atoms with Crippen LogP contribution < -0.4 is 11.1 Å². The van der Waals surface area contributed by atoms with Crippen LogP contribution in [-0.4, -0.2) is 43.2 Å². The Morgan fingerprint density at radius 1 is 1.23 bits per heavy atom. The number of nitrogens with one attached hydrogen (secondary N) is 1. The van der Waals surface area contributed by atoms with E-state index in [1.54, 1.807) is 0 Å². The average molecular weight is 305 g/mol. The fourth-order valence-corrected chi connectivity index (χ4v) is 2.37. The zero-order valence-corrected chi connectivity index (χ0v) is 13.5. The van der Waals surface area contributed by atoms with Crippen LogP contribution in [0.3, 0.4) is 0 Å². The van der Waals surface area contributed by atoms with Gasteiger partial charge >= 0.3 is 0 Å². The first-order chi connectivity index (χ1) is 10.6. The molecule has 5 nitrogen and oxygen atoms in total. The Kier molecular flexibility index (Phi) is 6.36. The van der Waals surface area contributed by atoms with Gasteiger partial charge in [0, 0.05) is 38.1 Å². The minimum atomic E-state index is -0.166. The predicted molar refractivity (Wildman–Crippen MR) is 87.2 cm³/mol. The van der Waals surface area contributed by atoms with Crippen molar-refractivity contribution >= 4 is 5.91 Å². The van der Waals surface area contributed by atoms with Gasteiger partial charge in [0.25, 0.3) is 0 Å². The lowest BCUT2D eigenvalue weighted by molar-refractivity contribution is -0.125. The summed E-state index contributed by atoms with van der Waals surface area (Å²) >= 11 is 0. The zero-order valence-electron chi connectivity index (χ0n) is 13.5. The maximum absolute atomic E-state index is 11.9. The number of amides is 1. The first kappa shape index (κ1) is 16.9. The molecule has 1 fully saturated rings. The molecule has 1 amide bonds. The normalized spacial score (nSPS) is 18.7. The van der Waals surface area contributed by atoms with Gasteiger partial charge in [-0.15, -0.1) is 0 Å². The van der Waals surface area contributed by atoms with Crippen molar-refractivity contribution in [3.05, 3.63) is 35.4 Å². The Bertz CT molecular complexity index is 467. The lowest BCUT2D eigenvalue weighted by Gasteiger charge is -2.26. The molecule has 2 rings (SSSR count). The van der Waals surface area contributed by atoms with E-state index in [1.165, 1.54) is 5.56 Å². The maximum Gasteiger partial charge on any atom is 0.224 e. The highest BCUT2D eigenvalue weighted by Crippen LogP contribution is 2.09.